The van der Waals surface area contributed by atoms with Crippen LogP contribution in [-0.4, -0.2) is 5.11 Å². The highest BCUT2D eigenvalue weighted by molar-refractivity contribution is 7.13. The summed E-state index contributed by atoms with van der Waals surface area (Å²) in [6.07, 6.45) is -4.39. The van der Waals surface area contributed by atoms with Crippen molar-refractivity contribution in [1.82, 2.24) is 0 Å². The molecular weight excluding hydrogens is 261 g/mol. The molecule has 2 aromatic rings. The van der Waals surface area contributed by atoms with Crippen molar-refractivity contribution in [3.8, 4) is 10.4 Å². The summed E-state index contributed by atoms with van der Waals surface area (Å²) >= 11 is 1.27. The lowest BCUT2D eigenvalue weighted by Crippen LogP contribution is -2.07. The van der Waals surface area contributed by atoms with E-state index in [9.17, 15) is 13.2 Å². The monoisotopic (exact) mass is 272 g/mol. The fourth-order valence-corrected chi connectivity index (χ4v) is 2.64. The van der Waals surface area contributed by atoms with Gasteiger partial charge in [0, 0.05) is 10.4 Å². The van der Waals surface area contributed by atoms with E-state index in [4.69, 9.17) is 5.11 Å². The van der Waals surface area contributed by atoms with E-state index in [1.165, 1.54) is 23.5 Å². The highest BCUT2D eigenvalue weighted by Crippen LogP contribution is 2.39. The van der Waals surface area contributed by atoms with Gasteiger partial charge in [-0.3, -0.25) is 0 Å². The van der Waals surface area contributed by atoms with E-state index in [0.29, 0.717) is 10.4 Å². The molecule has 1 aromatic heterocycles. The third kappa shape index (κ3) is 2.57. The Morgan fingerprint density at radius 2 is 1.94 bits per heavy atom. The van der Waals surface area contributed by atoms with Crippen LogP contribution in [0.25, 0.3) is 10.4 Å². The van der Waals surface area contributed by atoms with Gasteiger partial charge in [-0.1, -0.05) is 6.07 Å². The number of alkyl halides is 3. The van der Waals surface area contributed by atoms with Gasteiger partial charge in [0.05, 0.1) is 12.2 Å². The molecular formula is C13H11F3OS. The van der Waals surface area contributed by atoms with Crippen LogP contribution in [0.2, 0.25) is 0 Å². The molecule has 1 heterocycles. The highest BCUT2D eigenvalue weighted by atomic mass is 32.1. The van der Waals surface area contributed by atoms with E-state index in [2.05, 4.69) is 0 Å². The largest absolute Gasteiger partial charge is 0.417 e. The van der Waals surface area contributed by atoms with Gasteiger partial charge in [0.15, 0.2) is 0 Å². The first kappa shape index (κ1) is 13.1. The summed E-state index contributed by atoms with van der Waals surface area (Å²) < 4.78 is 38.8. The molecule has 0 saturated carbocycles. The number of halogens is 3. The van der Waals surface area contributed by atoms with Crippen LogP contribution in [0.1, 0.15) is 16.7 Å². The molecule has 0 radical (unpaired) electrons. The minimum absolute atomic E-state index is 0.132. The average Bonchev–Trinajstić information content (AvgIpc) is 2.74. The van der Waals surface area contributed by atoms with Crippen LogP contribution >= 0.6 is 11.3 Å². The Labute approximate surface area is 107 Å². The molecule has 0 bridgehead atoms. The summed E-state index contributed by atoms with van der Waals surface area (Å²) in [5, 5.41) is 10.8. The Bertz CT molecular complexity index is 558. The lowest BCUT2D eigenvalue weighted by Gasteiger charge is -2.12. The standard InChI is InChI=1S/C13H11F3OS/c1-8-4-12(18-7-8)10-5-9(6-17)2-3-11(10)13(14,15)16/h2-5,7,17H,6H2,1H3. The van der Waals surface area contributed by atoms with Crippen LogP contribution in [0.5, 0.6) is 0 Å². The van der Waals surface area contributed by atoms with Gasteiger partial charge in [0.2, 0.25) is 0 Å². The second-order valence-corrected chi connectivity index (χ2v) is 4.94. The number of hydrogen-bond donors (Lipinski definition) is 1. The van der Waals surface area contributed by atoms with Crippen LogP contribution in [0.4, 0.5) is 13.2 Å². The molecule has 2 rings (SSSR count). The topological polar surface area (TPSA) is 20.2 Å². The quantitative estimate of drug-likeness (QED) is 0.867. The van der Waals surface area contributed by atoms with Gasteiger partial charge in [-0.25, -0.2) is 0 Å². The molecule has 0 amide bonds. The van der Waals surface area contributed by atoms with Crippen molar-refractivity contribution < 1.29 is 18.3 Å². The van der Waals surface area contributed by atoms with E-state index in [0.717, 1.165) is 11.6 Å². The number of aryl methyl sites for hydroxylation is 1. The zero-order chi connectivity index (χ0) is 13.3. The molecule has 0 spiro atoms. The smallest absolute Gasteiger partial charge is 0.392 e. The van der Waals surface area contributed by atoms with E-state index in [1.54, 1.807) is 11.4 Å². The fourth-order valence-electron chi connectivity index (χ4n) is 1.71. The molecule has 0 unspecified atom stereocenters. The van der Waals surface area contributed by atoms with E-state index >= 15 is 0 Å². The van der Waals surface area contributed by atoms with Gasteiger partial charge in [-0.05, 0) is 41.6 Å². The lowest BCUT2D eigenvalue weighted by atomic mass is 10.0. The molecule has 0 fully saturated rings. The molecule has 1 N–H and O–H groups in total. The zero-order valence-electron chi connectivity index (χ0n) is 9.58. The van der Waals surface area contributed by atoms with Crippen molar-refractivity contribution in [2.45, 2.75) is 19.7 Å². The van der Waals surface area contributed by atoms with Crippen LogP contribution in [0, 0.1) is 6.92 Å². The Kier molecular flexibility index (Phi) is 3.45. The molecule has 96 valence electrons. The van der Waals surface area contributed by atoms with Gasteiger partial charge in [-0.2, -0.15) is 13.2 Å². The van der Waals surface area contributed by atoms with E-state index in [1.807, 2.05) is 6.92 Å². The molecule has 0 aliphatic carbocycles. The number of aliphatic hydroxyl groups excluding tert-OH is 1. The minimum atomic E-state index is -4.39. The summed E-state index contributed by atoms with van der Waals surface area (Å²) in [4.78, 5) is 0.565. The van der Waals surface area contributed by atoms with Gasteiger partial charge in [0.25, 0.3) is 0 Å². The van der Waals surface area contributed by atoms with Crippen molar-refractivity contribution in [2.24, 2.45) is 0 Å². The molecule has 1 aromatic carbocycles. The zero-order valence-corrected chi connectivity index (χ0v) is 10.4. The molecule has 0 aliphatic rings. The molecule has 1 nitrogen and oxygen atoms in total. The third-order valence-corrected chi connectivity index (χ3v) is 3.65. The van der Waals surface area contributed by atoms with Crippen molar-refractivity contribution >= 4 is 11.3 Å². The normalized spacial score (nSPS) is 11.8. The first-order chi connectivity index (χ1) is 8.41. The van der Waals surface area contributed by atoms with Crippen molar-refractivity contribution in [3.63, 3.8) is 0 Å². The first-order valence-electron chi connectivity index (χ1n) is 5.28. The lowest BCUT2D eigenvalue weighted by molar-refractivity contribution is -0.137. The second-order valence-electron chi connectivity index (χ2n) is 4.02. The highest BCUT2D eigenvalue weighted by Gasteiger charge is 2.33. The van der Waals surface area contributed by atoms with Crippen LogP contribution in [-0.2, 0) is 12.8 Å². The Morgan fingerprint density at radius 1 is 1.22 bits per heavy atom. The average molecular weight is 272 g/mol. The van der Waals surface area contributed by atoms with Gasteiger partial charge < -0.3 is 5.11 Å². The maximum atomic E-state index is 12.9. The molecule has 0 aliphatic heterocycles. The van der Waals surface area contributed by atoms with Gasteiger partial charge in [0.1, 0.15) is 0 Å². The molecule has 5 heteroatoms. The predicted octanol–water partition coefficient (Wildman–Crippen LogP) is 4.23. The first-order valence-corrected chi connectivity index (χ1v) is 6.16. The van der Waals surface area contributed by atoms with Crippen LogP contribution in [0.15, 0.2) is 29.6 Å². The maximum Gasteiger partial charge on any atom is 0.417 e. The van der Waals surface area contributed by atoms with Gasteiger partial charge >= 0.3 is 6.18 Å². The minimum Gasteiger partial charge on any atom is -0.392 e. The van der Waals surface area contributed by atoms with Gasteiger partial charge in [-0.15, -0.1) is 11.3 Å². The molecule has 0 atom stereocenters. The van der Waals surface area contributed by atoms with Crippen molar-refractivity contribution in [3.05, 3.63) is 46.3 Å². The fraction of sp³-hybridized carbons (Fsp3) is 0.231. The summed E-state index contributed by atoms with van der Waals surface area (Å²) in [7, 11) is 0. The SMILES string of the molecule is Cc1csc(-c2cc(CO)ccc2C(F)(F)F)c1. The van der Waals surface area contributed by atoms with Crippen LogP contribution in [0.3, 0.4) is 0 Å². The van der Waals surface area contributed by atoms with Crippen molar-refractivity contribution in [1.29, 1.82) is 0 Å². The molecule has 0 saturated heterocycles. The summed E-state index contributed by atoms with van der Waals surface area (Å²) in [5.74, 6) is 0. The number of thiophene rings is 1. The Hall–Kier alpha value is -1.33. The number of rotatable bonds is 2. The number of benzene rings is 1. The van der Waals surface area contributed by atoms with Crippen LogP contribution < -0.4 is 0 Å². The van der Waals surface area contributed by atoms with E-state index < -0.39 is 11.7 Å². The summed E-state index contributed by atoms with van der Waals surface area (Å²) in [6.45, 7) is 1.57. The Balaban J connectivity index is 2.61. The second kappa shape index (κ2) is 4.74. The number of hydrogen-bond acceptors (Lipinski definition) is 2. The molecule has 18 heavy (non-hydrogen) atoms. The van der Waals surface area contributed by atoms with E-state index in [-0.39, 0.29) is 12.2 Å². The number of aliphatic hydroxyl groups is 1. The van der Waals surface area contributed by atoms with Crippen molar-refractivity contribution in [2.75, 3.05) is 0 Å². The predicted molar refractivity (Wildman–Crippen MR) is 65.4 cm³/mol. The Morgan fingerprint density at radius 3 is 2.44 bits per heavy atom. The maximum absolute atomic E-state index is 12.9. The summed E-state index contributed by atoms with van der Waals surface area (Å²) in [5.41, 5.74) is 0.871. The third-order valence-electron chi connectivity index (χ3n) is 2.57. The summed E-state index contributed by atoms with van der Waals surface area (Å²) in [6, 6.07) is 5.44.